The maximum Gasteiger partial charge on any atom is 0.0695 e. The number of hydrogen-bond donors (Lipinski definition) is 1. The zero-order valence-electron chi connectivity index (χ0n) is 14.1. The Hall–Kier alpha value is -0.0800. The summed E-state index contributed by atoms with van der Waals surface area (Å²) < 4.78 is 0. The molecule has 2 fully saturated rings. The molecule has 0 aromatic carbocycles. The Morgan fingerprint density at radius 2 is 1.80 bits per heavy atom. The van der Waals surface area contributed by atoms with Crippen molar-refractivity contribution in [2.75, 3.05) is 6.54 Å². The number of aliphatic hydroxyl groups is 1. The molecule has 2 unspecified atom stereocenters. The van der Waals surface area contributed by atoms with Gasteiger partial charge in [-0.15, -0.1) is 0 Å². The molecule has 2 nitrogen and oxygen atoms in total. The van der Waals surface area contributed by atoms with E-state index in [0.29, 0.717) is 11.5 Å². The SMILES string of the molecule is CC(C)CCN(C1CCCC1)C1CC(C)(C)CCC1O. The van der Waals surface area contributed by atoms with Crippen LogP contribution in [0.2, 0.25) is 0 Å². The van der Waals surface area contributed by atoms with Crippen molar-refractivity contribution in [3.63, 3.8) is 0 Å². The second-order valence-corrected chi connectivity index (χ2v) is 8.40. The van der Waals surface area contributed by atoms with Crippen LogP contribution in [0.5, 0.6) is 0 Å². The van der Waals surface area contributed by atoms with Gasteiger partial charge in [0.1, 0.15) is 0 Å². The Morgan fingerprint density at radius 3 is 2.40 bits per heavy atom. The van der Waals surface area contributed by atoms with Crippen LogP contribution in [-0.4, -0.2) is 34.7 Å². The lowest BCUT2D eigenvalue weighted by Crippen LogP contribution is -2.53. The molecule has 0 aromatic rings. The van der Waals surface area contributed by atoms with Gasteiger partial charge in [-0.25, -0.2) is 0 Å². The molecule has 2 aliphatic carbocycles. The Morgan fingerprint density at radius 1 is 1.15 bits per heavy atom. The van der Waals surface area contributed by atoms with Gasteiger partial charge >= 0.3 is 0 Å². The van der Waals surface area contributed by atoms with E-state index in [1.54, 1.807) is 0 Å². The summed E-state index contributed by atoms with van der Waals surface area (Å²) in [7, 11) is 0. The highest BCUT2D eigenvalue weighted by atomic mass is 16.3. The summed E-state index contributed by atoms with van der Waals surface area (Å²) in [6, 6.07) is 1.14. The molecule has 118 valence electrons. The normalized spacial score (nSPS) is 31.4. The minimum Gasteiger partial charge on any atom is -0.391 e. The van der Waals surface area contributed by atoms with Crippen molar-refractivity contribution in [1.82, 2.24) is 4.90 Å². The molecular weight excluding hydrogens is 246 g/mol. The summed E-state index contributed by atoms with van der Waals surface area (Å²) in [4.78, 5) is 2.71. The molecule has 20 heavy (non-hydrogen) atoms. The van der Waals surface area contributed by atoms with Gasteiger partial charge < -0.3 is 5.11 Å². The fourth-order valence-electron chi connectivity index (χ4n) is 4.14. The van der Waals surface area contributed by atoms with Crippen molar-refractivity contribution in [3.8, 4) is 0 Å². The molecule has 0 radical (unpaired) electrons. The summed E-state index contributed by atoms with van der Waals surface area (Å²) in [6.07, 6.45) is 9.96. The van der Waals surface area contributed by atoms with Gasteiger partial charge in [0.05, 0.1) is 6.10 Å². The molecule has 2 saturated carbocycles. The summed E-state index contributed by atoms with van der Waals surface area (Å²) in [5.41, 5.74) is 0.401. The van der Waals surface area contributed by atoms with E-state index in [-0.39, 0.29) is 6.10 Å². The fraction of sp³-hybridized carbons (Fsp3) is 1.00. The van der Waals surface area contributed by atoms with E-state index in [9.17, 15) is 5.11 Å². The number of aliphatic hydroxyl groups excluding tert-OH is 1. The van der Waals surface area contributed by atoms with E-state index in [2.05, 4.69) is 32.6 Å². The highest BCUT2D eigenvalue weighted by Gasteiger charge is 2.39. The van der Waals surface area contributed by atoms with Crippen molar-refractivity contribution in [1.29, 1.82) is 0 Å². The highest BCUT2D eigenvalue weighted by Crippen LogP contribution is 2.39. The first kappa shape index (κ1) is 16.3. The van der Waals surface area contributed by atoms with E-state index in [1.807, 2.05) is 0 Å². The van der Waals surface area contributed by atoms with Gasteiger partial charge in [-0.2, -0.15) is 0 Å². The molecular formula is C18H35NO. The standard InChI is InChI=1S/C18H35NO/c1-14(2)10-12-19(15-7-5-6-8-15)16-13-18(3,4)11-9-17(16)20/h14-17,20H,5-13H2,1-4H3. The smallest absolute Gasteiger partial charge is 0.0695 e. The predicted octanol–water partition coefficient (Wildman–Crippen LogP) is 4.22. The molecule has 1 N–H and O–H groups in total. The van der Waals surface area contributed by atoms with Crippen molar-refractivity contribution in [3.05, 3.63) is 0 Å². The zero-order chi connectivity index (χ0) is 14.8. The lowest BCUT2D eigenvalue weighted by molar-refractivity contribution is -0.0351. The third-order valence-electron chi connectivity index (χ3n) is 5.51. The number of rotatable bonds is 5. The average molecular weight is 281 g/mol. The molecule has 0 amide bonds. The van der Waals surface area contributed by atoms with Crippen LogP contribution in [0, 0.1) is 11.3 Å². The topological polar surface area (TPSA) is 23.5 Å². The molecule has 2 heteroatoms. The molecule has 0 saturated heterocycles. The van der Waals surface area contributed by atoms with Crippen LogP contribution in [0.4, 0.5) is 0 Å². The minimum absolute atomic E-state index is 0.101. The maximum atomic E-state index is 10.6. The van der Waals surface area contributed by atoms with E-state index in [1.165, 1.54) is 51.5 Å². The Kier molecular flexibility index (Phi) is 5.53. The monoisotopic (exact) mass is 281 g/mol. The van der Waals surface area contributed by atoms with E-state index in [4.69, 9.17) is 0 Å². The second kappa shape index (κ2) is 6.79. The zero-order valence-corrected chi connectivity index (χ0v) is 14.1. The van der Waals surface area contributed by atoms with Crippen molar-refractivity contribution in [2.45, 2.75) is 97.2 Å². The van der Waals surface area contributed by atoms with E-state index in [0.717, 1.165) is 18.4 Å². The van der Waals surface area contributed by atoms with Gasteiger partial charge in [0, 0.05) is 12.1 Å². The van der Waals surface area contributed by atoms with Crippen LogP contribution in [0.25, 0.3) is 0 Å². The van der Waals surface area contributed by atoms with Crippen LogP contribution in [-0.2, 0) is 0 Å². The number of hydrogen-bond acceptors (Lipinski definition) is 2. The van der Waals surface area contributed by atoms with E-state index >= 15 is 0 Å². The molecule has 2 rings (SSSR count). The van der Waals surface area contributed by atoms with Crippen LogP contribution in [0.1, 0.15) is 79.1 Å². The van der Waals surface area contributed by atoms with Gasteiger partial charge in [-0.3, -0.25) is 4.90 Å². The van der Waals surface area contributed by atoms with Gasteiger partial charge in [0.2, 0.25) is 0 Å². The first-order valence-electron chi connectivity index (χ1n) is 8.83. The van der Waals surface area contributed by atoms with Crippen LogP contribution < -0.4 is 0 Å². The average Bonchev–Trinajstić information content (AvgIpc) is 2.87. The maximum absolute atomic E-state index is 10.6. The number of nitrogens with zero attached hydrogens (tertiary/aromatic N) is 1. The Bertz CT molecular complexity index is 294. The molecule has 2 aliphatic rings. The molecule has 0 spiro atoms. The molecule has 2 atom stereocenters. The lowest BCUT2D eigenvalue weighted by Gasteiger charge is -2.46. The fourth-order valence-corrected chi connectivity index (χ4v) is 4.14. The lowest BCUT2D eigenvalue weighted by atomic mass is 9.73. The third-order valence-corrected chi connectivity index (χ3v) is 5.51. The van der Waals surface area contributed by atoms with Gasteiger partial charge in [0.25, 0.3) is 0 Å². The van der Waals surface area contributed by atoms with Gasteiger partial charge in [0.15, 0.2) is 0 Å². The second-order valence-electron chi connectivity index (χ2n) is 8.40. The third kappa shape index (κ3) is 4.21. The summed E-state index contributed by atoms with van der Waals surface area (Å²) in [5, 5.41) is 10.6. The first-order valence-corrected chi connectivity index (χ1v) is 8.83. The van der Waals surface area contributed by atoms with E-state index < -0.39 is 0 Å². The first-order chi connectivity index (χ1) is 9.39. The Labute approximate surface area is 125 Å². The van der Waals surface area contributed by atoms with Crippen molar-refractivity contribution < 1.29 is 5.11 Å². The van der Waals surface area contributed by atoms with Crippen molar-refractivity contribution >= 4 is 0 Å². The quantitative estimate of drug-likeness (QED) is 0.815. The molecule has 0 bridgehead atoms. The predicted molar refractivity (Wildman–Crippen MR) is 85.8 cm³/mol. The highest BCUT2D eigenvalue weighted by molar-refractivity contribution is 4.94. The largest absolute Gasteiger partial charge is 0.391 e. The van der Waals surface area contributed by atoms with Crippen LogP contribution >= 0.6 is 0 Å². The van der Waals surface area contributed by atoms with Crippen LogP contribution in [0.15, 0.2) is 0 Å². The summed E-state index contributed by atoms with van der Waals surface area (Å²) >= 11 is 0. The summed E-state index contributed by atoms with van der Waals surface area (Å²) in [5.74, 6) is 0.757. The van der Waals surface area contributed by atoms with Gasteiger partial charge in [-0.05, 0) is 56.4 Å². The van der Waals surface area contributed by atoms with Crippen LogP contribution in [0.3, 0.4) is 0 Å². The van der Waals surface area contributed by atoms with Gasteiger partial charge in [-0.1, -0.05) is 40.5 Å². The van der Waals surface area contributed by atoms with Crippen molar-refractivity contribution in [2.24, 2.45) is 11.3 Å². The molecule has 0 aromatic heterocycles. The minimum atomic E-state index is -0.101. The molecule has 0 aliphatic heterocycles. The summed E-state index contributed by atoms with van der Waals surface area (Å²) in [6.45, 7) is 10.6. The Balaban J connectivity index is 2.06. The molecule has 0 heterocycles.